The van der Waals surface area contributed by atoms with Crippen LogP contribution >= 0.6 is 7.29 Å². The van der Waals surface area contributed by atoms with Gasteiger partial charge in [-0.3, -0.25) is 0 Å². The van der Waals surface area contributed by atoms with Gasteiger partial charge in [0.1, 0.15) is 0 Å². The van der Waals surface area contributed by atoms with Crippen molar-refractivity contribution in [3.05, 3.63) is 102 Å². The van der Waals surface area contributed by atoms with E-state index in [1.807, 2.05) is 85.0 Å². The molecule has 1 aliphatic carbocycles. The molecule has 0 radical (unpaired) electrons. The van der Waals surface area contributed by atoms with Crippen LogP contribution in [0.25, 0.3) is 5.09 Å². The number of rotatable bonds is 4. The molecule has 0 amide bonds. The lowest BCUT2D eigenvalue weighted by atomic mass is 10.3. The molecule has 0 spiro atoms. The van der Waals surface area contributed by atoms with Gasteiger partial charge in [-0.05, 0) is 5.57 Å². The number of nitrogens with zero attached hydrogens (tertiary/aromatic N) is 1. The van der Waals surface area contributed by atoms with Crippen LogP contribution in [-0.4, -0.2) is 0 Å². The van der Waals surface area contributed by atoms with Crippen molar-refractivity contribution < 1.29 is 4.57 Å². The lowest BCUT2D eigenvalue weighted by Gasteiger charge is -2.31. The van der Waals surface area contributed by atoms with Crippen LogP contribution in [0, 0.1) is 0 Å². The van der Waals surface area contributed by atoms with Gasteiger partial charge in [-0.25, -0.2) is 0 Å². The van der Waals surface area contributed by atoms with E-state index in [1.54, 1.807) is 6.20 Å². The molecule has 2 aromatic carbocycles. The monoisotopic (exact) mass is 292 g/mol. The van der Waals surface area contributed by atoms with E-state index in [0.29, 0.717) is 0 Å². The molecule has 0 saturated heterocycles. The first-order valence-electron chi connectivity index (χ1n) is 6.78. The van der Waals surface area contributed by atoms with Gasteiger partial charge in [0, 0.05) is 10.6 Å². The molecule has 0 aromatic heterocycles. The third-order valence-electron chi connectivity index (χ3n) is 3.27. The fourth-order valence-corrected chi connectivity index (χ4v) is 4.18. The molecule has 2 nitrogen and oxygen atoms in total. The van der Waals surface area contributed by atoms with Crippen molar-refractivity contribution in [1.82, 2.24) is 0 Å². The molecule has 0 aliphatic heterocycles. The number of benzene rings is 2. The van der Waals surface area contributed by atoms with Gasteiger partial charge in [0.25, 0.3) is 0 Å². The second-order valence-corrected chi connectivity index (χ2v) is 7.13. The summed E-state index contributed by atoms with van der Waals surface area (Å²) >= 11 is 0. The van der Waals surface area contributed by atoms with Gasteiger partial charge < -0.3 is 9.65 Å². The van der Waals surface area contributed by atoms with Gasteiger partial charge in [-0.15, -0.1) is 0 Å². The van der Waals surface area contributed by atoms with Gasteiger partial charge in [0.15, 0.2) is 0 Å². The summed E-state index contributed by atoms with van der Waals surface area (Å²) in [6.45, 7) is 0. The predicted molar refractivity (Wildman–Crippen MR) is 89.5 cm³/mol. The summed E-state index contributed by atoms with van der Waals surface area (Å²) in [6.07, 6.45) is 9.48. The maximum absolute atomic E-state index is 13.5. The summed E-state index contributed by atoms with van der Waals surface area (Å²) in [6, 6.07) is 18.9. The first-order valence-corrected chi connectivity index (χ1v) is 8.43. The highest BCUT2D eigenvalue weighted by atomic mass is 31.2. The van der Waals surface area contributed by atoms with Crippen LogP contribution in [-0.2, 0) is 4.57 Å². The summed E-state index contributed by atoms with van der Waals surface area (Å²) < 4.78 is 13.5. The molecule has 3 heteroatoms. The zero-order chi connectivity index (χ0) is 14.5. The molecule has 21 heavy (non-hydrogen) atoms. The van der Waals surface area contributed by atoms with E-state index in [2.05, 4.69) is 5.09 Å². The van der Waals surface area contributed by atoms with Crippen molar-refractivity contribution in [3.63, 3.8) is 0 Å². The Labute approximate surface area is 124 Å². The van der Waals surface area contributed by atoms with E-state index >= 15 is 0 Å². The lowest BCUT2D eigenvalue weighted by Crippen LogP contribution is -2.14. The quantitative estimate of drug-likeness (QED) is 0.773. The molecule has 0 N–H and O–H groups in total. The number of hydrogen-bond donors (Lipinski definition) is 0. The van der Waals surface area contributed by atoms with E-state index in [0.717, 1.165) is 16.2 Å². The van der Waals surface area contributed by atoms with Gasteiger partial charge in [0.2, 0.25) is 0 Å². The third-order valence-corrected chi connectivity index (χ3v) is 5.71. The second kappa shape index (κ2) is 5.99. The third kappa shape index (κ3) is 2.91. The molecule has 104 valence electrons. The van der Waals surface area contributed by atoms with Crippen LogP contribution in [0.1, 0.15) is 0 Å². The van der Waals surface area contributed by atoms with Gasteiger partial charge >= 0.3 is 0 Å². The smallest absolute Gasteiger partial charge is 0.0741 e. The van der Waals surface area contributed by atoms with Crippen LogP contribution in [0.4, 0.5) is 0 Å². The second-order valence-electron chi connectivity index (χ2n) is 4.71. The normalized spacial score (nSPS) is 13.4. The minimum atomic E-state index is -3.00. The first-order chi connectivity index (χ1) is 10.3. The van der Waals surface area contributed by atoms with E-state index in [4.69, 9.17) is 0 Å². The molecule has 0 bridgehead atoms. The van der Waals surface area contributed by atoms with Crippen molar-refractivity contribution in [1.29, 1.82) is 0 Å². The first kappa shape index (κ1) is 13.7. The molecule has 0 heterocycles. The van der Waals surface area contributed by atoms with Crippen LogP contribution in [0.2, 0.25) is 0 Å². The molecule has 1 aliphatic rings. The maximum atomic E-state index is 13.5. The molecule has 3 rings (SSSR count). The van der Waals surface area contributed by atoms with E-state index in [9.17, 15) is 4.57 Å². The molecule has 0 fully saturated rings. The van der Waals surface area contributed by atoms with Crippen LogP contribution in [0.3, 0.4) is 0 Å². The van der Waals surface area contributed by atoms with Crippen molar-refractivity contribution in [3.8, 4) is 0 Å². The number of hydrogen-bond acceptors (Lipinski definition) is 1. The molecule has 0 atom stereocenters. The van der Waals surface area contributed by atoms with E-state index in [-0.39, 0.29) is 0 Å². The van der Waals surface area contributed by atoms with Crippen LogP contribution < -0.4 is 10.6 Å². The lowest BCUT2D eigenvalue weighted by molar-refractivity contribution is 0.591. The molecular formula is C18H15NOP-. The minimum Gasteiger partial charge on any atom is -0.627 e. The number of allylic oxidation sites excluding steroid dienone is 5. The summed E-state index contributed by atoms with van der Waals surface area (Å²) in [7, 11) is -3.00. The standard InChI is InChI=1S/C18H15NOP/c20-21(17-11-3-1-4-12-17,18-13-5-2-6-14-18)19-15-16-9-7-8-10-16/h1-15H/q-1. The predicted octanol–water partition coefficient (Wildman–Crippen LogP) is 4.30. The van der Waals surface area contributed by atoms with Crippen molar-refractivity contribution >= 4 is 17.9 Å². The Morgan fingerprint density at radius 1 is 0.762 bits per heavy atom. The Balaban J connectivity index is 2.03. The van der Waals surface area contributed by atoms with Crippen LogP contribution in [0.15, 0.2) is 96.7 Å². The molecular weight excluding hydrogens is 277 g/mol. The van der Waals surface area contributed by atoms with Crippen molar-refractivity contribution in [2.24, 2.45) is 0 Å². The SMILES string of the molecule is O=P([N-]C=C1C=CC=C1)(c1ccccc1)c1ccccc1. The van der Waals surface area contributed by atoms with Crippen molar-refractivity contribution in [2.75, 3.05) is 0 Å². The molecule has 0 unspecified atom stereocenters. The summed E-state index contributed by atoms with van der Waals surface area (Å²) in [5.41, 5.74) is 0.960. The topological polar surface area (TPSA) is 31.2 Å². The van der Waals surface area contributed by atoms with E-state index < -0.39 is 7.29 Å². The zero-order valence-corrected chi connectivity index (χ0v) is 12.4. The van der Waals surface area contributed by atoms with Gasteiger partial charge in [-0.2, -0.15) is 6.20 Å². The fraction of sp³-hybridized carbons (Fsp3) is 0. The van der Waals surface area contributed by atoms with Gasteiger partial charge in [-0.1, -0.05) is 85.0 Å². The Kier molecular flexibility index (Phi) is 3.89. The average Bonchev–Trinajstić information content (AvgIpc) is 3.08. The highest BCUT2D eigenvalue weighted by molar-refractivity contribution is 7.81. The minimum absolute atomic E-state index is 0.749. The fourth-order valence-electron chi connectivity index (χ4n) is 2.17. The average molecular weight is 292 g/mol. The van der Waals surface area contributed by atoms with Crippen molar-refractivity contribution in [2.45, 2.75) is 0 Å². The Bertz CT molecular complexity index is 688. The highest BCUT2D eigenvalue weighted by Gasteiger charge is 2.16. The van der Waals surface area contributed by atoms with Crippen LogP contribution in [0.5, 0.6) is 0 Å². The Morgan fingerprint density at radius 2 is 1.24 bits per heavy atom. The largest absolute Gasteiger partial charge is 0.627 e. The molecule has 0 saturated carbocycles. The maximum Gasteiger partial charge on any atom is 0.0741 e. The van der Waals surface area contributed by atoms with E-state index in [1.165, 1.54) is 0 Å². The summed E-state index contributed by atoms with van der Waals surface area (Å²) in [5, 5.41) is 5.97. The van der Waals surface area contributed by atoms with Gasteiger partial charge in [0.05, 0.1) is 7.29 Å². The zero-order valence-electron chi connectivity index (χ0n) is 11.5. The summed E-state index contributed by atoms with van der Waals surface area (Å²) in [4.78, 5) is 0. The Morgan fingerprint density at radius 3 is 1.71 bits per heavy atom. The summed E-state index contributed by atoms with van der Waals surface area (Å²) in [5.74, 6) is 0. The highest BCUT2D eigenvalue weighted by Crippen LogP contribution is 2.50. The molecule has 2 aromatic rings. The Hall–Kier alpha value is -2.31.